The van der Waals surface area contributed by atoms with Crippen molar-refractivity contribution in [3.05, 3.63) is 48.6 Å². The molecule has 0 heterocycles. The third-order valence-electron chi connectivity index (χ3n) is 9.76. The lowest BCUT2D eigenvalue weighted by Gasteiger charge is -2.59. The van der Waals surface area contributed by atoms with Crippen LogP contribution in [0.2, 0.25) is 0 Å². The molecule has 0 aromatic carbocycles. The third-order valence-corrected chi connectivity index (χ3v) is 9.76. The van der Waals surface area contributed by atoms with E-state index in [1.807, 2.05) is 13.0 Å². The minimum absolute atomic E-state index is 0.0431. The SMILES string of the molecule is C=CCOC(=O)C(C[C@]1(O)C(=C)C(=C)[C@H]2[C@@H]3CCC4=CC(=O)CC[C@]4(C)[C@H]3CC[C@@]21C)C(=O)O. The summed E-state index contributed by atoms with van der Waals surface area (Å²) in [5, 5.41) is 21.9. The van der Waals surface area contributed by atoms with Gasteiger partial charge < -0.3 is 14.9 Å². The molecule has 1 unspecified atom stereocenters. The van der Waals surface area contributed by atoms with Gasteiger partial charge in [-0.25, -0.2) is 0 Å². The van der Waals surface area contributed by atoms with Crippen molar-refractivity contribution in [2.75, 3.05) is 6.61 Å². The normalized spacial score (nSPS) is 39.9. The summed E-state index contributed by atoms with van der Waals surface area (Å²) >= 11 is 0. The Morgan fingerprint density at radius 2 is 1.94 bits per heavy atom. The van der Waals surface area contributed by atoms with Crippen molar-refractivity contribution in [1.29, 1.82) is 0 Å². The van der Waals surface area contributed by atoms with Crippen LogP contribution >= 0.6 is 0 Å². The predicted octanol–water partition coefficient (Wildman–Crippen LogP) is 4.40. The summed E-state index contributed by atoms with van der Waals surface area (Å²) in [6.45, 7) is 16.2. The third kappa shape index (κ3) is 3.36. The summed E-state index contributed by atoms with van der Waals surface area (Å²) in [5.41, 5.74) is 0.160. The minimum Gasteiger partial charge on any atom is -0.481 e. The first-order chi connectivity index (χ1) is 15.9. The first-order valence-electron chi connectivity index (χ1n) is 12.3. The van der Waals surface area contributed by atoms with Gasteiger partial charge in [-0.15, -0.1) is 0 Å². The van der Waals surface area contributed by atoms with Crippen molar-refractivity contribution in [1.82, 2.24) is 0 Å². The minimum atomic E-state index is -1.57. The zero-order chi connectivity index (χ0) is 25.1. The Kier molecular flexibility index (Phi) is 6.04. The van der Waals surface area contributed by atoms with Crippen LogP contribution in [0.1, 0.15) is 58.8 Å². The highest BCUT2D eigenvalue weighted by Crippen LogP contribution is 2.70. The summed E-state index contributed by atoms with van der Waals surface area (Å²) < 4.78 is 5.03. The molecule has 0 aliphatic heterocycles. The number of hydrogen-bond acceptors (Lipinski definition) is 5. The standard InChI is InChI=1S/C28H36O6/c1-6-13-34-25(32)21(24(30)31)15-28(33)17(3)16(2)23-20-8-7-18-14-19(29)9-11-26(18,4)22(20)10-12-27(23,28)5/h6,14,20-23,33H,1-3,7-13,15H2,4-5H3,(H,30,31)/t20-,21?,22+,23+,26+,27+,28+/m1/s1. The largest absolute Gasteiger partial charge is 0.481 e. The van der Waals surface area contributed by atoms with Crippen molar-refractivity contribution < 1.29 is 29.3 Å². The van der Waals surface area contributed by atoms with Gasteiger partial charge in [0.2, 0.25) is 0 Å². The second-order valence-electron chi connectivity index (χ2n) is 11.2. The lowest BCUT2D eigenvalue weighted by atomic mass is 9.46. The van der Waals surface area contributed by atoms with E-state index >= 15 is 0 Å². The van der Waals surface area contributed by atoms with Crippen LogP contribution in [-0.4, -0.2) is 40.1 Å². The van der Waals surface area contributed by atoms with Crippen LogP contribution in [0.5, 0.6) is 0 Å². The molecule has 0 aromatic heterocycles. The highest BCUT2D eigenvalue weighted by Gasteiger charge is 2.67. The first-order valence-corrected chi connectivity index (χ1v) is 12.3. The van der Waals surface area contributed by atoms with Gasteiger partial charge in [0.25, 0.3) is 0 Å². The monoisotopic (exact) mass is 468 g/mol. The zero-order valence-electron chi connectivity index (χ0n) is 20.3. The quantitative estimate of drug-likeness (QED) is 0.340. The molecule has 3 saturated carbocycles. The van der Waals surface area contributed by atoms with Crippen molar-refractivity contribution in [2.24, 2.45) is 34.5 Å². The number of carboxylic acid groups (broad SMARTS) is 1. The van der Waals surface area contributed by atoms with E-state index in [9.17, 15) is 24.6 Å². The predicted molar refractivity (Wildman–Crippen MR) is 128 cm³/mol. The highest BCUT2D eigenvalue weighted by molar-refractivity contribution is 5.94. The van der Waals surface area contributed by atoms with E-state index in [4.69, 9.17) is 4.74 Å². The zero-order valence-corrected chi connectivity index (χ0v) is 20.3. The van der Waals surface area contributed by atoms with Gasteiger partial charge in [-0.05, 0) is 72.5 Å². The molecule has 4 aliphatic rings. The van der Waals surface area contributed by atoms with Gasteiger partial charge in [-0.3, -0.25) is 14.4 Å². The highest BCUT2D eigenvalue weighted by atomic mass is 16.5. The molecule has 6 nitrogen and oxygen atoms in total. The Morgan fingerprint density at radius 1 is 1.24 bits per heavy atom. The lowest BCUT2D eigenvalue weighted by Crippen LogP contribution is -2.56. The van der Waals surface area contributed by atoms with Crippen LogP contribution in [-0.2, 0) is 19.1 Å². The van der Waals surface area contributed by atoms with Gasteiger partial charge >= 0.3 is 11.9 Å². The number of rotatable bonds is 6. The molecule has 7 atom stereocenters. The fourth-order valence-corrected chi connectivity index (χ4v) is 7.84. The van der Waals surface area contributed by atoms with Crippen LogP contribution in [0.15, 0.2) is 48.6 Å². The van der Waals surface area contributed by atoms with Crippen LogP contribution in [0.25, 0.3) is 0 Å². The van der Waals surface area contributed by atoms with Crippen molar-refractivity contribution in [3.8, 4) is 0 Å². The number of esters is 1. The van der Waals surface area contributed by atoms with Crippen molar-refractivity contribution >= 4 is 17.7 Å². The number of fused-ring (bicyclic) bond motifs is 5. The molecule has 0 radical (unpaired) electrons. The van der Waals surface area contributed by atoms with E-state index in [1.54, 1.807) is 0 Å². The smallest absolute Gasteiger partial charge is 0.320 e. The Balaban J connectivity index is 1.68. The number of ketones is 1. The van der Waals surface area contributed by atoms with Crippen LogP contribution in [0.4, 0.5) is 0 Å². The molecule has 0 bridgehead atoms. The topological polar surface area (TPSA) is 101 Å². The Hall–Kier alpha value is -2.47. The second kappa shape index (κ2) is 8.33. The number of allylic oxidation sites excluding steroid dienone is 1. The summed E-state index contributed by atoms with van der Waals surface area (Å²) in [4.78, 5) is 36.6. The van der Waals surface area contributed by atoms with E-state index in [-0.39, 0.29) is 36.1 Å². The average Bonchev–Trinajstić information content (AvgIpc) is 2.94. The summed E-state index contributed by atoms with van der Waals surface area (Å²) in [6.07, 6.45) is 7.62. The molecule has 4 aliphatic carbocycles. The Bertz CT molecular complexity index is 1010. The molecule has 4 rings (SSSR count). The molecule has 2 N–H and O–H groups in total. The van der Waals surface area contributed by atoms with Crippen LogP contribution in [0.3, 0.4) is 0 Å². The van der Waals surface area contributed by atoms with Crippen LogP contribution < -0.4 is 0 Å². The summed E-state index contributed by atoms with van der Waals surface area (Å²) in [5.74, 6) is -2.95. The van der Waals surface area contributed by atoms with Gasteiger partial charge in [-0.2, -0.15) is 0 Å². The fourth-order valence-electron chi connectivity index (χ4n) is 7.84. The molecule has 0 amide bonds. The number of ether oxygens (including phenoxy) is 1. The second-order valence-corrected chi connectivity index (χ2v) is 11.2. The van der Waals surface area contributed by atoms with Crippen molar-refractivity contribution in [2.45, 2.75) is 64.4 Å². The molecule has 0 saturated heterocycles. The molecule has 6 heteroatoms. The fraction of sp³-hybridized carbons (Fsp3) is 0.607. The number of carbonyl (C=O) groups is 3. The molecule has 184 valence electrons. The maximum Gasteiger partial charge on any atom is 0.320 e. The number of carboxylic acids is 1. The number of hydrogen-bond donors (Lipinski definition) is 2. The first kappa shape index (κ1) is 24.6. The molecular formula is C28H36O6. The van der Waals surface area contributed by atoms with Crippen LogP contribution in [0, 0.1) is 34.5 Å². The molecule has 3 fully saturated rings. The van der Waals surface area contributed by atoms with Gasteiger partial charge in [0.15, 0.2) is 11.7 Å². The van der Waals surface area contributed by atoms with E-state index in [1.165, 1.54) is 11.6 Å². The number of aliphatic carboxylic acids is 1. The van der Waals surface area contributed by atoms with Gasteiger partial charge in [0.05, 0.1) is 5.60 Å². The molecule has 0 spiro atoms. The van der Waals surface area contributed by atoms with Gasteiger partial charge in [0, 0.05) is 18.3 Å². The van der Waals surface area contributed by atoms with Crippen molar-refractivity contribution in [3.63, 3.8) is 0 Å². The van der Waals surface area contributed by atoms with E-state index < -0.39 is 28.9 Å². The number of carbonyl (C=O) groups excluding carboxylic acids is 2. The van der Waals surface area contributed by atoms with Gasteiger partial charge in [-0.1, -0.05) is 45.2 Å². The molecule has 34 heavy (non-hydrogen) atoms. The summed E-state index contributed by atoms with van der Waals surface area (Å²) in [7, 11) is 0. The Morgan fingerprint density at radius 3 is 2.59 bits per heavy atom. The van der Waals surface area contributed by atoms with Gasteiger partial charge in [0.1, 0.15) is 6.61 Å². The van der Waals surface area contributed by atoms with E-state index in [0.717, 1.165) is 31.3 Å². The average molecular weight is 469 g/mol. The molecule has 0 aromatic rings. The van der Waals surface area contributed by atoms with E-state index in [0.29, 0.717) is 24.3 Å². The number of aliphatic hydroxyl groups is 1. The summed E-state index contributed by atoms with van der Waals surface area (Å²) in [6, 6.07) is 0. The lowest BCUT2D eigenvalue weighted by molar-refractivity contribution is -0.166. The maximum atomic E-state index is 12.5. The maximum absolute atomic E-state index is 12.5. The Labute approximate surface area is 201 Å². The van der Waals surface area contributed by atoms with E-state index in [2.05, 4.69) is 26.7 Å². The molecular weight excluding hydrogens is 432 g/mol.